The molecule has 0 saturated carbocycles. The van der Waals surface area contributed by atoms with Crippen LogP contribution in [0.15, 0.2) is 54.9 Å². The highest BCUT2D eigenvalue weighted by molar-refractivity contribution is 5.94. The minimum atomic E-state index is 0.126. The van der Waals surface area contributed by atoms with Crippen LogP contribution in [0.25, 0.3) is 16.7 Å². The fourth-order valence-electron chi connectivity index (χ4n) is 4.38. The second-order valence-corrected chi connectivity index (χ2v) is 7.50. The van der Waals surface area contributed by atoms with Crippen molar-refractivity contribution < 1.29 is 9.53 Å². The first-order valence-corrected chi connectivity index (χ1v) is 9.73. The summed E-state index contributed by atoms with van der Waals surface area (Å²) >= 11 is 0. The Morgan fingerprint density at radius 1 is 1.07 bits per heavy atom. The van der Waals surface area contributed by atoms with Crippen molar-refractivity contribution in [2.24, 2.45) is 5.92 Å². The molecule has 0 unspecified atom stereocenters. The smallest absolute Gasteiger partial charge is 0.253 e. The van der Waals surface area contributed by atoms with E-state index in [2.05, 4.69) is 15.6 Å². The average Bonchev–Trinajstić information content (AvgIpc) is 3.17. The van der Waals surface area contributed by atoms with Gasteiger partial charge in [-0.15, -0.1) is 0 Å². The molecule has 2 fully saturated rings. The third-order valence-electron chi connectivity index (χ3n) is 5.85. The molecule has 2 aromatic carbocycles. The van der Waals surface area contributed by atoms with Gasteiger partial charge in [0.1, 0.15) is 6.33 Å². The van der Waals surface area contributed by atoms with E-state index in [1.807, 2.05) is 53.7 Å². The van der Waals surface area contributed by atoms with E-state index in [1.54, 1.807) is 0 Å². The van der Waals surface area contributed by atoms with E-state index in [1.165, 1.54) is 6.42 Å². The number of amides is 1. The first kappa shape index (κ1) is 16.5. The molecule has 2 atom stereocenters. The van der Waals surface area contributed by atoms with Crippen LogP contribution in [0.4, 0.5) is 0 Å². The maximum absolute atomic E-state index is 13.0. The van der Waals surface area contributed by atoms with Gasteiger partial charge >= 0.3 is 0 Å². The number of carbonyl (C=O) groups excluding carboxylic acids is 1. The Morgan fingerprint density at radius 3 is 2.81 bits per heavy atom. The van der Waals surface area contributed by atoms with E-state index in [4.69, 9.17) is 4.74 Å². The largest absolute Gasteiger partial charge is 0.378 e. The van der Waals surface area contributed by atoms with Gasteiger partial charge in [-0.1, -0.05) is 12.1 Å². The summed E-state index contributed by atoms with van der Waals surface area (Å²) in [5, 5.41) is 0. The molecule has 0 aliphatic carbocycles. The zero-order valence-corrected chi connectivity index (χ0v) is 15.3. The number of imidazole rings is 1. The average molecular weight is 361 g/mol. The number of hydrogen-bond donors (Lipinski definition) is 0. The lowest BCUT2D eigenvalue weighted by Crippen LogP contribution is -2.48. The fraction of sp³-hybridized carbons (Fsp3) is 0.364. The number of nitrogens with zero attached hydrogens (tertiary/aromatic N) is 3. The number of fused-ring (bicyclic) bond motifs is 2. The van der Waals surface area contributed by atoms with Gasteiger partial charge in [0.25, 0.3) is 5.91 Å². The van der Waals surface area contributed by atoms with Gasteiger partial charge in [0.05, 0.1) is 17.1 Å². The van der Waals surface area contributed by atoms with E-state index < -0.39 is 0 Å². The molecular weight excluding hydrogens is 338 g/mol. The molecule has 3 aromatic rings. The number of ether oxygens (including phenoxy) is 1. The summed E-state index contributed by atoms with van der Waals surface area (Å²) in [5.41, 5.74) is 3.80. The molecule has 0 spiro atoms. The fourth-order valence-corrected chi connectivity index (χ4v) is 4.38. The van der Waals surface area contributed by atoms with Gasteiger partial charge in [0, 0.05) is 36.9 Å². The SMILES string of the molecule is O=C(c1ccc(-n2cnc3ccccc32)cc1)N1CC[C@H]2OCCC[C@H]2C1. The second kappa shape index (κ2) is 6.82. The first-order valence-electron chi connectivity index (χ1n) is 9.73. The summed E-state index contributed by atoms with van der Waals surface area (Å²) in [6, 6.07) is 15.9. The van der Waals surface area contributed by atoms with Crippen LogP contribution in [0.2, 0.25) is 0 Å². The van der Waals surface area contributed by atoms with Gasteiger partial charge < -0.3 is 9.64 Å². The molecule has 1 aromatic heterocycles. The van der Waals surface area contributed by atoms with E-state index in [-0.39, 0.29) is 5.91 Å². The summed E-state index contributed by atoms with van der Waals surface area (Å²) in [6.07, 6.45) is 5.41. The number of piperidine rings is 1. The van der Waals surface area contributed by atoms with Crippen LogP contribution in [0.5, 0.6) is 0 Å². The monoisotopic (exact) mass is 361 g/mol. The normalized spacial score (nSPS) is 22.6. The number of para-hydroxylation sites is 2. The third-order valence-corrected chi connectivity index (χ3v) is 5.85. The van der Waals surface area contributed by atoms with E-state index in [9.17, 15) is 4.79 Å². The van der Waals surface area contributed by atoms with Crippen LogP contribution in [-0.4, -0.2) is 46.2 Å². The molecule has 2 aliphatic heterocycles. The minimum Gasteiger partial charge on any atom is -0.378 e. The van der Waals surface area contributed by atoms with Crippen molar-refractivity contribution in [2.45, 2.75) is 25.4 Å². The van der Waals surface area contributed by atoms with Crippen LogP contribution < -0.4 is 0 Å². The third kappa shape index (κ3) is 3.02. The Morgan fingerprint density at radius 2 is 1.93 bits per heavy atom. The summed E-state index contributed by atoms with van der Waals surface area (Å²) < 4.78 is 7.91. The predicted molar refractivity (Wildman–Crippen MR) is 104 cm³/mol. The zero-order valence-electron chi connectivity index (χ0n) is 15.3. The molecule has 2 aliphatic rings. The lowest BCUT2D eigenvalue weighted by atomic mass is 9.88. The molecule has 3 heterocycles. The van der Waals surface area contributed by atoms with Crippen molar-refractivity contribution in [3.8, 4) is 5.69 Å². The van der Waals surface area contributed by atoms with Crippen LogP contribution in [0, 0.1) is 5.92 Å². The Hall–Kier alpha value is -2.66. The van der Waals surface area contributed by atoms with Gasteiger partial charge in [-0.2, -0.15) is 0 Å². The van der Waals surface area contributed by atoms with Crippen LogP contribution in [0.3, 0.4) is 0 Å². The first-order chi connectivity index (χ1) is 13.3. The van der Waals surface area contributed by atoms with E-state index >= 15 is 0 Å². The Bertz CT molecular complexity index is 963. The Balaban J connectivity index is 1.35. The van der Waals surface area contributed by atoms with Crippen molar-refractivity contribution in [3.05, 3.63) is 60.4 Å². The van der Waals surface area contributed by atoms with Crippen LogP contribution >= 0.6 is 0 Å². The highest BCUT2D eigenvalue weighted by Gasteiger charge is 2.34. The molecule has 5 rings (SSSR count). The highest BCUT2D eigenvalue weighted by Crippen LogP contribution is 2.29. The van der Waals surface area contributed by atoms with Gasteiger partial charge in [0.15, 0.2) is 0 Å². The Kier molecular flexibility index (Phi) is 4.17. The number of carbonyl (C=O) groups is 1. The summed E-state index contributed by atoms with van der Waals surface area (Å²) in [4.78, 5) is 19.4. The summed E-state index contributed by atoms with van der Waals surface area (Å²) in [5.74, 6) is 0.620. The molecule has 0 N–H and O–H groups in total. The number of benzene rings is 2. The van der Waals surface area contributed by atoms with Crippen molar-refractivity contribution in [1.29, 1.82) is 0 Å². The standard InChI is InChI=1S/C22H23N3O2/c26-22(24-12-11-21-17(14-24)4-3-13-27-21)16-7-9-18(10-8-16)25-15-23-19-5-1-2-6-20(19)25/h1-2,5-10,15,17,21H,3-4,11-14H2/t17-,21+/m0/s1. The molecule has 0 bridgehead atoms. The molecule has 5 heteroatoms. The second-order valence-electron chi connectivity index (χ2n) is 7.50. The minimum absolute atomic E-state index is 0.126. The number of hydrogen-bond acceptors (Lipinski definition) is 3. The topological polar surface area (TPSA) is 47.4 Å². The lowest BCUT2D eigenvalue weighted by Gasteiger charge is -2.41. The number of likely N-dealkylation sites (tertiary alicyclic amines) is 1. The maximum Gasteiger partial charge on any atom is 0.253 e. The highest BCUT2D eigenvalue weighted by atomic mass is 16.5. The number of rotatable bonds is 2. The molecular formula is C22H23N3O2. The quantitative estimate of drug-likeness (QED) is 0.700. The van der Waals surface area contributed by atoms with Crippen molar-refractivity contribution in [2.75, 3.05) is 19.7 Å². The molecule has 138 valence electrons. The van der Waals surface area contributed by atoms with Gasteiger partial charge in [-0.25, -0.2) is 4.98 Å². The molecule has 2 saturated heterocycles. The van der Waals surface area contributed by atoms with Crippen molar-refractivity contribution in [3.63, 3.8) is 0 Å². The van der Waals surface area contributed by atoms with E-state index in [0.717, 1.165) is 54.8 Å². The van der Waals surface area contributed by atoms with Gasteiger partial charge in [-0.3, -0.25) is 9.36 Å². The molecule has 27 heavy (non-hydrogen) atoms. The van der Waals surface area contributed by atoms with Crippen LogP contribution in [-0.2, 0) is 4.74 Å². The summed E-state index contributed by atoms with van der Waals surface area (Å²) in [7, 11) is 0. The molecule has 1 amide bonds. The summed E-state index contributed by atoms with van der Waals surface area (Å²) in [6.45, 7) is 2.48. The predicted octanol–water partition coefficient (Wildman–Crippen LogP) is 3.67. The van der Waals surface area contributed by atoms with Crippen LogP contribution in [0.1, 0.15) is 29.6 Å². The molecule has 5 nitrogen and oxygen atoms in total. The van der Waals surface area contributed by atoms with Gasteiger partial charge in [0.2, 0.25) is 0 Å². The van der Waals surface area contributed by atoms with Crippen molar-refractivity contribution >= 4 is 16.9 Å². The van der Waals surface area contributed by atoms with Crippen molar-refractivity contribution in [1.82, 2.24) is 14.5 Å². The van der Waals surface area contributed by atoms with Gasteiger partial charge in [-0.05, 0) is 55.7 Å². The number of aromatic nitrogens is 2. The maximum atomic E-state index is 13.0. The molecule has 0 radical (unpaired) electrons. The zero-order chi connectivity index (χ0) is 18.2. The van der Waals surface area contributed by atoms with E-state index in [0.29, 0.717) is 12.0 Å². The lowest BCUT2D eigenvalue weighted by molar-refractivity contribution is -0.0606. The Labute approximate surface area is 158 Å².